The Bertz CT molecular complexity index is 385. The molecule has 0 aromatic heterocycles. The van der Waals surface area contributed by atoms with Crippen molar-refractivity contribution in [3.8, 4) is 0 Å². The number of hydrogen-bond acceptors (Lipinski definition) is 3. The molecule has 1 fully saturated rings. The van der Waals surface area contributed by atoms with Gasteiger partial charge < -0.3 is 14.7 Å². The second-order valence-corrected chi connectivity index (χ2v) is 4.14. The van der Waals surface area contributed by atoms with Crippen LogP contribution in [-0.4, -0.2) is 37.6 Å². The smallest absolute Gasteiger partial charge is 0.379 e. The fraction of sp³-hybridized carbons (Fsp3) is 0.500. The molecule has 1 heterocycles. The van der Waals surface area contributed by atoms with Crippen molar-refractivity contribution in [1.29, 1.82) is 0 Å². The molecular formula is C12H14F3NO2. The molecule has 0 saturated carbocycles. The van der Waals surface area contributed by atoms with E-state index < -0.39 is 12.3 Å². The van der Waals surface area contributed by atoms with E-state index in [2.05, 4.69) is 0 Å². The molecule has 1 aliphatic heterocycles. The van der Waals surface area contributed by atoms with Crippen LogP contribution in [0.5, 0.6) is 0 Å². The third-order valence-corrected chi connectivity index (χ3v) is 2.90. The fourth-order valence-electron chi connectivity index (χ4n) is 1.88. The Balaban J connectivity index is 2.09. The summed E-state index contributed by atoms with van der Waals surface area (Å²) in [6, 6.07) is 5.80. The first-order chi connectivity index (χ1) is 8.48. The molecule has 0 bridgehead atoms. The molecule has 0 unspecified atom stereocenters. The van der Waals surface area contributed by atoms with Crippen LogP contribution < -0.4 is 4.90 Å². The second kappa shape index (κ2) is 5.16. The van der Waals surface area contributed by atoms with E-state index in [1.54, 1.807) is 12.1 Å². The van der Waals surface area contributed by atoms with E-state index >= 15 is 0 Å². The van der Waals surface area contributed by atoms with Crippen molar-refractivity contribution in [1.82, 2.24) is 0 Å². The molecule has 0 amide bonds. The van der Waals surface area contributed by atoms with E-state index in [9.17, 15) is 13.2 Å². The van der Waals surface area contributed by atoms with Gasteiger partial charge in [0, 0.05) is 18.8 Å². The van der Waals surface area contributed by atoms with Crippen molar-refractivity contribution in [2.75, 3.05) is 31.2 Å². The maximum Gasteiger partial charge on any atom is 0.418 e. The number of nitrogens with zero attached hydrogens (tertiary/aromatic N) is 1. The van der Waals surface area contributed by atoms with Gasteiger partial charge in [0.1, 0.15) is 0 Å². The lowest BCUT2D eigenvalue weighted by molar-refractivity contribution is -0.206. The lowest BCUT2D eigenvalue weighted by atomic mass is 10.1. The molecule has 0 aliphatic carbocycles. The Morgan fingerprint density at radius 3 is 2.17 bits per heavy atom. The number of benzene rings is 1. The van der Waals surface area contributed by atoms with Gasteiger partial charge in [-0.15, -0.1) is 0 Å². The quantitative estimate of drug-likeness (QED) is 0.885. The molecular weight excluding hydrogens is 247 g/mol. The number of anilines is 1. The van der Waals surface area contributed by atoms with Gasteiger partial charge in [-0.1, -0.05) is 12.1 Å². The average molecular weight is 261 g/mol. The van der Waals surface area contributed by atoms with Crippen molar-refractivity contribution < 1.29 is 23.0 Å². The van der Waals surface area contributed by atoms with Crippen LogP contribution in [0.3, 0.4) is 0 Å². The van der Waals surface area contributed by atoms with E-state index in [1.165, 1.54) is 12.1 Å². The second-order valence-electron chi connectivity index (χ2n) is 4.14. The zero-order valence-corrected chi connectivity index (χ0v) is 9.65. The third-order valence-electron chi connectivity index (χ3n) is 2.90. The molecule has 1 saturated heterocycles. The van der Waals surface area contributed by atoms with Crippen LogP contribution in [0.15, 0.2) is 24.3 Å². The minimum absolute atomic E-state index is 0.139. The van der Waals surface area contributed by atoms with Crippen molar-refractivity contribution in [3.63, 3.8) is 0 Å². The normalized spacial score (nSPS) is 18.8. The van der Waals surface area contributed by atoms with Crippen LogP contribution in [0.25, 0.3) is 0 Å². The predicted octanol–water partition coefficient (Wildman–Crippen LogP) is 2.12. The van der Waals surface area contributed by atoms with Crippen LogP contribution in [0.4, 0.5) is 18.9 Å². The summed E-state index contributed by atoms with van der Waals surface area (Å²) in [5.41, 5.74) is 0.705. The highest BCUT2D eigenvalue weighted by Crippen LogP contribution is 2.33. The number of ether oxygens (including phenoxy) is 1. The van der Waals surface area contributed by atoms with Gasteiger partial charge in [-0.2, -0.15) is 13.2 Å². The summed E-state index contributed by atoms with van der Waals surface area (Å²) in [5.74, 6) is 0. The molecule has 100 valence electrons. The van der Waals surface area contributed by atoms with Crippen molar-refractivity contribution in [2.24, 2.45) is 0 Å². The summed E-state index contributed by atoms with van der Waals surface area (Å²) in [6.07, 6.45) is -7.04. The van der Waals surface area contributed by atoms with Crippen LogP contribution in [0, 0.1) is 0 Å². The first kappa shape index (κ1) is 13.2. The summed E-state index contributed by atoms with van der Waals surface area (Å²) < 4.78 is 42.1. The lowest BCUT2D eigenvalue weighted by Gasteiger charge is -2.29. The maximum atomic E-state index is 12.3. The van der Waals surface area contributed by atoms with Gasteiger partial charge in [0.05, 0.1) is 13.2 Å². The summed E-state index contributed by atoms with van der Waals surface area (Å²) in [6.45, 7) is 2.68. The minimum atomic E-state index is -4.62. The van der Waals surface area contributed by atoms with Crippen LogP contribution in [-0.2, 0) is 4.74 Å². The predicted molar refractivity (Wildman–Crippen MR) is 60.5 cm³/mol. The highest BCUT2D eigenvalue weighted by atomic mass is 19.4. The van der Waals surface area contributed by atoms with Crippen LogP contribution in [0.2, 0.25) is 0 Å². The van der Waals surface area contributed by atoms with E-state index in [0.717, 1.165) is 18.8 Å². The highest BCUT2D eigenvalue weighted by molar-refractivity contribution is 5.48. The Morgan fingerprint density at radius 2 is 1.67 bits per heavy atom. The van der Waals surface area contributed by atoms with Gasteiger partial charge in [0.2, 0.25) is 0 Å². The number of aliphatic hydroxyl groups excluding tert-OH is 1. The van der Waals surface area contributed by atoms with Gasteiger partial charge in [-0.3, -0.25) is 0 Å². The van der Waals surface area contributed by atoms with E-state index in [4.69, 9.17) is 9.84 Å². The van der Waals surface area contributed by atoms with Crippen molar-refractivity contribution >= 4 is 5.69 Å². The Labute approximate surface area is 103 Å². The zero-order chi connectivity index (χ0) is 13.2. The van der Waals surface area contributed by atoms with Gasteiger partial charge in [-0.25, -0.2) is 0 Å². The molecule has 0 radical (unpaired) electrons. The molecule has 0 spiro atoms. The summed E-state index contributed by atoms with van der Waals surface area (Å²) in [5, 5.41) is 9.10. The third kappa shape index (κ3) is 2.94. The van der Waals surface area contributed by atoms with Crippen LogP contribution >= 0.6 is 0 Å². The topological polar surface area (TPSA) is 32.7 Å². The van der Waals surface area contributed by atoms with Crippen molar-refractivity contribution in [3.05, 3.63) is 29.8 Å². The number of hydrogen-bond donors (Lipinski definition) is 1. The lowest BCUT2D eigenvalue weighted by Crippen LogP contribution is -2.36. The SMILES string of the molecule is O[C@H](c1ccc(N2CCOCC2)cc1)C(F)(F)F. The molecule has 1 atom stereocenters. The summed E-state index contributed by atoms with van der Waals surface area (Å²) in [7, 11) is 0. The molecule has 3 nitrogen and oxygen atoms in total. The molecule has 2 rings (SSSR count). The largest absolute Gasteiger partial charge is 0.418 e. The monoisotopic (exact) mass is 261 g/mol. The number of aliphatic hydroxyl groups is 1. The van der Waals surface area contributed by atoms with E-state index in [-0.39, 0.29) is 5.56 Å². The standard InChI is InChI=1S/C12H14F3NO2/c13-12(14,15)11(17)9-1-3-10(4-2-9)16-5-7-18-8-6-16/h1-4,11,17H,5-8H2/t11-/m1/s1. The first-order valence-electron chi connectivity index (χ1n) is 5.66. The average Bonchev–Trinajstić information content (AvgIpc) is 2.38. The first-order valence-corrected chi connectivity index (χ1v) is 5.66. The molecule has 1 aromatic carbocycles. The van der Waals surface area contributed by atoms with Gasteiger partial charge in [0.15, 0.2) is 6.10 Å². The number of morpholine rings is 1. The molecule has 1 aromatic rings. The van der Waals surface area contributed by atoms with Gasteiger partial charge >= 0.3 is 6.18 Å². The van der Waals surface area contributed by atoms with Crippen molar-refractivity contribution in [2.45, 2.75) is 12.3 Å². The molecule has 6 heteroatoms. The van der Waals surface area contributed by atoms with E-state index in [0.29, 0.717) is 13.2 Å². The molecule has 1 aliphatic rings. The Morgan fingerprint density at radius 1 is 1.11 bits per heavy atom. The summed E-state index contributed by atoms with van der Waals surface area (Å²) >= 11 is 0. The zero-order valence-electron chi connectivity index (χ0n) is 9.65. The minimum Gasteiger partial charge on any atom is -0.379 e. The van der Waals surface area contributed by atoms with E-state index in [1.807, 2.05) is 4.90 Å². The number of alkyl halides is 3. The Kier molecular flexibility index (Phi) is 3.77. The van der Waals surface area contributed by atoms with Gasteiger partial charge in [0.25, 0.3) is 0 Å². The molecule has 1 N–H and O–H groups in total. The fourth-order valence-corrected chi connectivity index (χ4v) is 1.88. The number of rotatable bonds is 2. The summed E-state index contributed by atoms with van der Waals surface area (Å²) in [4.78, 5) is 2.03. The highest BCUT2D eigenvalue weighted by Gasteiger charge is 2.39. The van der Waals surface area contributed by atoms with Gasteiger partial charge in [-0.05, 0) is 17.7 Å². The maximum absolute atomic E-state index is 12.3. The molecule has 18 heavy (non-hydrogen) atoms. The van der Waals surface area contributed by atoms with Crippen LogP contribution in [0.1, 0.15) is 11.7 Å². The Hall–Kier alpha value is -1.27. The number of halogens is 3.